The van der Waals surface area contributed by atoms with Crippen LogP contribution in [0.2, 0.25) is 0 Å². The number of hydrogen-bond acceptors (Lipinski definition) is 2. The zero-order valence-corrected chi connectivity index (χ0v) is 13.4. The summed E-state index contributed by atoms with van der Waals surface area (Å²) in [6, 6.07) is 0.722. The Morgan fingerprint density at radius 1 is 1.33 bits per heavy atom. The van der Waals surface area contributed by atoms with E-state index in [0.29, 0.717) is 5.41 Å². The summed E-state index contributed by atoms with van der Waals surface area (Å²) in [5.41, 5.74) is 0.539. The topological polar surface area (TPSA) is 15.3 Å². The first-order valence-corrected chi connectivity index (χ1v) is 7.70. The van der Waals surface area contributed by atoms with Gasteiger partial charge in [0, 0.05) is 12.6 Å². The highest BCUT2D eigenvalue weighted by Crippen LogP contribution is 2.38. The summed E-state index contributed by atoms with van der Waals surface area (Å²) in [5.74, 6) is 1.63. The molecule has 1 fully saturated rings. The fourth-order valence-corrected chi connectivity index (χ4v) is 3.28. The Kier molecular flexibility index (Phi) is 6.13. The summed E-state index contributed by atoms with van der Waals surface area (Å²) < 4.78 is 0. The Morgan fingerprint density at radius 3 is 2.56 bits per heavy atom. The lowest BCUT2D eigenvalue weighted by Crippen LogP contribution is -2.46. The maximum absolute atomic E-state index is 3.54. The molecule has 0 aromatic carbocycles. The lowest BCUT2D eigenvalue weighted by molar-refractivity contribution is 0.110. The minimum absolute atomic E-state index is 0.539. The molecule has 0 heterocycles. The van der Waals surface area contributed by atoms with Crippen LogP contribution < -0.4 is 5.32 Å². The summed E-state index contributed by atoms with van der Waals surface area (Å²) in [5, 5.41) is 3.54. The van der Waals surface area contributed by atoms with Gasteiger partial charge in [0.05, 0.1) is 0 Å². The van der Waals surface area contributed by atoms with E-state index in [0.717, 1.165) is 17.9 Å². The van der Waals surface area contributed by atoms with Crippen molar-refractivity contribution in [1.29, 1.82) is 0 Å². The van der Waals surface area contributed by atoms with Crippen molar-refractivity contribution in [3.63, 3.8) is 0 Å². The third-order valence-electron chi connectivity index (χ3n) is 4.52. The average Bonchev–Trinajstić information content (AvgIpc) is 2.25. The third kappa shape index (κ3) is 5.27. The minimum atomic E-state index is 0.539. The van der Waals surface area contributed by atoms with Crippen molar-refractivity contribution in [2.24, 2.45) is 17.3 Å². The van der Waals surface area contributed by atoms with Gasteiger partial charge in [-0.2, -0.15) is 0 Å². The van der Waals surface area contributed by atoms with Gasteiger partial charge in [-0.3, -0.25) is 0 Å². The molecule has 108 valence electrons. The first-order chi connectivity index (χ1) is 8.34. The molecule has 0 saturated heterocycles. The second-order valence-electron chi connectivity index (χ2n) is 7.51. The molecule has 1 aliphatic rings. The molecular weight excluding hydrogens is 220 g/mol. The number of rotatable bonds is 6. The second kappa shape index (κ2) is 6.91. The molecule has 0 aromatic heterocycles. The largest absolute Gasteiger partial charge is 0.317 e. The van der Waals surface area contributed by atoms with Crippen LogP contribution in [-0.2, 0) is 0 Å². The third-order valence-corrected chi connectivity index (χ3v) is 4.52. The molecule has 2 atom stereocenters. The van der Waals surface area contributed by atoms with Gasteiger partial charge in [0.15, 0.2) is 0 Å². The fourth-order valence-electron chi connectivity index (χ4n) is 3.28. The van der Waals surface area contributed by atoms with Crippen LogP contribution in [0.5, 0.6) is 0 Å². The van der Waals surface area contributed by atoms with Crippen molar-refractivity contribution < 1.29 is 0 Å². The van der Waals surface area contributed by atoms with E-state index in [1.807, 2.05) is 0 Å². The molecule has 2 nitrogen and oxygen atoms in total. The molecule has 1 N–H and O–H groups in total. The van der Waals surface area contributed by atoms with Crippen molar-refractivity contribution >= 4 is 0 Å². The Hall–Kier alpha value is -0.0800. The van der Waals surface area contributed by atoms with Crippen molar-refractivity contribution in [2.45, 2.75) is 59.4 Å². The number of nitrogens with zero attached hydrogens (tertiary/aromatic N) is 1. The summed E-state index contributed by atoms with van der Waals surface area (Å²) in [4.78, 5) is 2.54. The van der Waals surface area contributed by atoms with Crippen LogP contribution in [0.3, 0.4) is 0 Å². The van der Waals surface area contributed by atoms with E-state index in [4.69, 9.17) is 0 Å². The van der Waals surface area contributed by atoms with E-state index >= 15 is 0 Å². The van der Waals surface area contributed by atoms with Gasteiger partial charge >= 0.3 is 0 Å². The van der Waals surface area contributed by atoms with E-state index in [1.165, 1.54) is 38.8 Å². The maximum atomic E-state index is 3.54. The van der Waals surface area contributed by atoms with Crippen LogP contribution in [-0.4, -0.2) is 38.1 Å². The predicted molar refractivity (Wildman–Crippen MR) is 80.9 cm³/mol. The lowest BCUT2D eigenvalue weighted by Gasteiger charge is -2.42. The molecule has 2 heteroatoms. The highest BCUT2D eigenvalue weighted by molar-refractivity contribution is 4.89. The van der Waals surface area contributed by atoms with Gasteiger partial charge in [0.25, 0.3) is 0 Å². The molecule has 1 rings (SSSR count). The molecule has 0 aliphatic heterocycles. The summed E-state index contributed by atoms with van der Waals surface area (Å²) in [6.45, 7) is 12.0. The van der Waals surface area contributed by atoms with Crippen LogP contribution in [0, 0.1) is 17.3 Å². The Morgan fingerprint density at radius 2 is 2.00 bits per heavy atom. The Labute approximate surface area is 115 Å². The number of nitrogens with one attached hydrogen (secondary N) is 1. The Balaban J connectivity index is 2.45. The van der Waals surface area contributed by atoms with Gasteiger partial charge in [-0.25, -0.2) is 0 Å². The standard InChI is InChI=1S/C16H34N2/c1-13(2)8-10-18(6)12-14-11-16(3,4)9-7-15(14)17-5/h13-15,17H,7-12H2,1-6H3. The van der Waals surface area contributed by atoms with Gasteiger partial charge in [0.2, 0.25) is 0 Å². The summed E-state index contributed by atoms with van der Waals surface area (Å²) >= 11 is 0. The fraction of sp³-hybridized carbons (Fsp3) is 1.00. The van der Waals surface area contributed by atoms with Crippen LogP contribution >= 0.6 is 0 Å². The highest BCUT2D eigenvalue weighted by Gasteiger charge is 2.34. The molecule has 0 aromatic rings. The molecule has 1 aliphatic carbocycles. The first kappa shape index (κ1) is 16.0. The Bertz CT molecular complexity index is 235. The average molecular weight is 254 g/mol. The molecule has 0 bridgehead atoms. The van der Waals surface area contributed by atoms with Crippen molar-refractivity contribution in [3.8, 4) is 0 Å². The van der Waals surface area contributed by atoms with Gasteiger partial charge in [-0.1, -0.05) is 27.7 Å². The van der Waals surface area contributed by atoms with Crippen LogP contribution in [0.4, 0.5) is 0 Å². The highest BCUT2D eigenvalue weighted by atomic mass is 15.1. The first-order valence-electron chi connectivity index (χ1n) is 7.70. The molecular formula is C16H34N2. The SMILES string of the molecule is CNC1CCC(C)(C)CC1CN(C)CCC(C)C. The van der Waals surface area contributed by atoms with Crippen molar-refractivity contribution in [3.05, 3.63) is 0 Å². The quantitative estimate of drug-likeness (QED) is 0.782. The zero-order chi connectivity index (χ0) is 13.8. The molecule has 18 heavy (non-hydrogen) atoms. The summed E-state index contributed by atoms with van der Waals surface area (Å²) in [6.07, 6.45) is 5.39. The molecule has 0 amide bonds. The van der Waals surface area contributed by atoms with E-state index in [-0.39, 0.29) is 0 Å². The normalized spacial score (nSPS) is 28.0. The van der Waals surface area contributed by atoms with Crippen LogP contribution in [0.25, 0.3) is 0 Å². The van der Waals surface area contributed by atoms with Crippen molar-refractivity contribution in [1.82, 2.24) is 10.2 Å². The minimum Gasteiger partial charge on any atom is -0.317 e. The van der Waals surface area contributed by atoms with Gasteiger partial charge in [-0.05, 0) is 63.6 Å². The predicted octanol–water partition coefficient (Wildman–Crippen LogP) is 3.38. The second-order valence-corrected chi connectivity index (χ2v) is 7.51. The maximum Gasteiger partial charge on any atom is 0.0105 e. The monoisotopic (exact) mass is 254 g/mol. The zero-order valence-electron chi connectivity index (χ0n) is 13.4. The van der Waals surface area contributed by atoms with Crippen molar-refractivity contribution in [2.75, 3.05) is 27.2 Å². The lowest BCUT2D eigenvalue weighted by atomic mass is 9.69. The molecule has 2 unspecified atom stereocenters. The van der Waals surface area contributed by atoms with Crippen LogP contribution in [0.1, 0.15) is 53.4 Å². The van der Waals surface area contributed by atoms with Gasteiger partial charge < -0.3 is 10.2 Å². The molecule has 0 spiro atoms. The van der Waals surface area contributed by atoms with Crippen LogP contribution in [0.15, 0.2) is 0 Å². The smallest absolute Gasteiger partial charge is 0.0105 e. The molecule has 1 saturated carbocycles. The van der Waals surface area contributed by atoms with E-state index in [2.05, 4.69) is 52.0 Å². The van der Waals surface area contributed by atoms with Gasteiger partial charge in [0.1, 0.15) is 0 Å². The summed E-state index contributed by atoms with van der Waals surface area (Å²) in [7, 11) is 4.42. The van der Waals surface area contributed by atoms with E-state index < -0.39 is 0 Å². The molecule has 0 radical (unpaired) electrons. The van der Waals surface area contributed by atoms with Gasteiger partial charge in [-0.15, -0.1) is 0 Å². The van der Waals surface area contributed by atoms with E-state index in [1.54, 1.807) is 0 Å². The number of hydrogen-bond donors (Lipinski definition) is 1. The van der Waals surface area contributed by atoms with E-state index in [9.17, 15) is 0 Å².